The second kappa shape index (κ2) is 5.96. The van der Waals surface area contributed by atoms with Crippen molar-refractivity contribution in [2.24, 2.45) is 0 Å². The van der Waals surface area contributed by atoms with Crippen LogP contribution in [0.1, 0.15) is 29.4 Å². The average Bonchev–Trinajstić information content (AvgIpc) is 2.55. The molecule has 0 aliphatic rings. The number of thiazole rings is 1. The quantitative estimate of drug-likeness (QED) is 0.818. The van der Waals surface area contributed by atoms with Gasteiger partial charge < -0.3 is 5.32 Å². The molecule has 1 aromatic rings. The minimum absolute atomic E-state index is 0.0347. The number of amides is 1. The molecule has 0 saturated heterocycles. The van der Waals surface area contributed by atoms with E-state index in [2.05, 4.69) is 22.5 Å². The molecule has 0 aromatic carbocycles. The van der Waals surface area contributed by atoms with Crippen molar-refractivity contribution in [3.05, 3.63) is 15.6 Å². The number of nitrogens with zero attached hydrogens (tertiary/aromatic N) is 1. The van der Waals surface area contributed by atoms with Crippen LogP contribution < -0.4 is 10.6 Å². The third kappa shape index (κ3) is 3.57. The summed E-state index contributed by atoms with van der Waals surface area (Å²) in [5, 5.41) is 6.97. The van der Waals surface area contributed by atoms with Crippen molar-refractivity contribution in [3.63, 3.8) is 0 Å². The van der Waals surface area contributed by atoms with Gasteiger partial charge in [-0.2, -0.15) is 0 Å². The molecule has 4 nitrogen and oxygen atoms in total. The van der Waals surface area contributed by atoms with Gasteiger partial charge in [-0.15, -0.1) is 11.3 Å². The minimum atomic E-state index is -0.176. The number of likely N-dealkylation sites (N-methyl/N-ethyl adjacent to an activating group) is 1. The molecule has 0 aliphatic heterocycles. The molecule has 0 bridgehead atoms. The van der Waals surface area contributed by atoms with Crippen molar-refractivity contribution < 1.29 is 4.79 Å². The molecule has 0 spiro atoms. The number of aromatic nitrogens is 1. The standard InChI is InChI=1S/C11H19N3OS/c1-5-12-11(15)8(3)13-6-10-14-7(2)9(4)16-10/h8,13H,5-6H2,1-4H3,(H,12,15). The maximum atomic E-state index is 11.4. The fraction of sp³-hybridized carbons (Fsp3) is 0.636. The van der Waals surface area contributed by atoms with Gasteiger partial charge in [-0.25, -0.2) is 4.98 Å². The monoisotopic (exact) mass is 241 g/mol. The Bertz CT molecular complexity index is 343. The first-order valence-electron chi connectivity index (χ1n) is 5.48. The van der Waals surface area contributed by atoms with Crippen LogP contribution in [0.5, 0.6) is 0 Å². The number of hydrogen-bond donors (Lipinski definition) is 2. The van der Waals surface area contributed by atoms with Crippen LogP contribution in [0, 0.1) is 13.8 Å². The lowest BCUT2D eigenvalue weighted by molar-refractivity contribution is -0.122. The van der Waals surface area contributed by atoms with E-state index in [-0.39, 0.29) is 11.9 Å². The summed E-state index contributed by atoms with van der Waals surface area (Å²) in [5.74, 6) is 0.0347. The Morgan fingerprint density at radius 2 is 2.19 bits per heavy atom. The molecule has 1 heterocycles. The number of nitrogens with one attached hydrogen (secondary N) is 2. The van der Waals surface area contributed by atoms with E-state index in [1.165, 1.54) is 4.88 Å². The third-order valence-electron chi connectivity index (χ3n) is 2.38. The van der Waals surface area contributed by atoms with Gasteiger partial charge in [-0.05, 0) is 27.7 Å². The normalized spacial score (nSPS) is 12.5. The minimum Gasteiger partial charge on any atom is -0.355 e. The topological polar surface area (TPSA) is 54.0 Å². The Labute approximate surface area is 100 Å². The lowest BCUT2D eigenvalue weighted by atomic mass is 10.3. The number of carbonyl (C=O) groups is 1. The molecular weight excluding hydrogens is 222 g/mol. The fourth-order valence-corrected chi connectivity index (χ4v) is 2.16. The molecule has 1 amide bonds. The van der Waals surface area contributed by atoms with Gasteiger partial charge >= 0.3 is 0 Å². The van der Waals surface area contributed by atoms with E-state index in [1.54, 1.807) is 11.3 Å². The van der Waals surface area contributed by atoms with Crippen molar-refractivity contribution >= 4 is 17.2 Å². The maximum Gasteiger partial charge on any atom is 0.236 e. The zero-order chi connectivity index (χ0) is 12.1. The Hall–Kier alpha value is -0.940. The second-order valence-electron chi connectivity index (χ2n) is 3.75. The van der Waals surface area contributed by atoms with E-state index < -0.39 is 0 Å². The smallest absolute Gasteiger partial charge is 0.236 e. The lowest BCUT2D eigenvalue weighted by Gasteiger charge is -2.11. The summed E-state index contributed by atoms with van der Waals surface area (Å²) < 4.78 is 0. The fourth-order valence-electron chi connectivity index (χ4n) is 1.28. The molecule has 1 atom stereocenters. The summed E-state index contributed by atoms with van der Waals surface area (Å²) in [6, 6.07) is -0.176. The highest BCUT2D eigenvalue weighted by Gasteiger charge is 2.11. The average molecular weight is 241 g/mol. The van der Waals surface area contributed by atoms with Gasteiger partial charge in [0.1, 0.15) is 5.01 Å². The highest BCUT2D eigenvalue weighted by molar-refractivity contribution is 7.11. The second-order valence-corrected chi connectivity index (χ2v) is 5.03. The Kier molecular flexibility index (Phi) is 4.89. The van der Waals surface area contributed by atoms with Gasteiger partial charge in [0.15, 0.2) is 0 Å². The van der Waals surface area contributed by atoms with E-state index in [0.29, 0.717) is 13.1 Å². The van der Waals surface area contributed by atoms with Gasteiger partial charge in [0.2, 0.25) is 5.91 Å². The Morgan fingerprint density at radius 1 is 1.50 bits per heavy atom. The van der Waals surface area contributed by atoms with Crippen molar-refractivity contribution in [3.8, 4) is 0 Å². The summed E-state index contributed by atoms with van der Waals surface area (Å²) in [4.78, 5) is 17.1. The largest absolute Gasteiger partial charge is 0.355 e. The van der Waals surface area contributed by atoms with Gasteiger partial charge in [0.05, 0.1) is 11.7 Å². The van der Waals surface area contributed by atoms with Gasteiger partial charge in [0, 0.05) is 18.0 Å². The van der Waals surface area contributed by atoms with Crippen LogP contribution in [0.2, 0.25) is 0 Å². The SMILES string of the molecule is CCNC(=O)C(C)NCc1nc(C)c(C)s1. The molecular formula is C11H19N3OS. The molecule has 0 radical (unpaired) electrons. The van der Waals surface area contributed by atoms with Crippen LogP contribution in [0.3, 0.4) is 0 Å². The summed E-state index contributed by atoms with van der Waals surface area (Å²) in [6.45, 7) is 9.15. The highest BCUT2D eigenvalue weighted by Crippen LogP contribution is 2.15. The van der Waals surface area contributed by atoms with Gasteiger partial charge in [-0.1, -0.05) is 0 Å². The number of hydrogen-bond acceptors (Lipinski definition) is 4. The van der Waals surface area contributed by atoms with Crippen LogP contribution in [-0.2, 0) is 11.3 Å². The maximum absolute atomic E-state index is 11.4. The van der Waals surface area contributed by atoms with E-state index >= 15 is 0 Å². The lowest BCUT2D eigenvalue weighted by Crippen LogP contribution is -2.41. The molecule has 0 fully saturated rings. The molecule has 90 valence electrons. The Morgan fingerprint density at radius 3 is 2.69 bits per heavy atom. The summed E-state index contributed by atoms with van der Waals surface area (Å²) in [5.41, 5.74) is 1.08. The van der Waals surface area contributed by atoms with Crippen LogP contribution in [-0.4, -0.2) is 23.5 Å². The number of rotatable bonds is 5. The molecule has 5 heteroatoms. The summed E-state index contributed by atoms with van der Waals surface area (Å²) in [7, 11) is 0. The van der Waals surface area contributed by atoms with Crippen LogP contribution >= 0.6 is 11.3 Å². The highest BCUT2D eigenvalue weighted by atomic mass is 32.1. The first kappa shape index (κ1) is 13.1. The van der Waals surface area contributed by atoms with Crippen LogP contribution in [0.4, 0.5) is 0 Å². The van der Waals surface area contributed by atoms with E-state index in [0.717, 1.165) is 10.7 Å². The van der Waals surface area contributed by atoms with Gasteiger partial charge in [0.25, 0.3) is 0 Å². The number of aryl methyl sites for hydroxylation is 2. The van der Waals surface area contributed by atoms with Crippen molar-refractivity contribution in [2.75, 3.05) is 6.54 Å². The molecule has 1 rings (SSSR count). The van der Waals surface area contributed by atoms with Crippen molar-refractivity contribution in [1.29, 1.82) is 0 Å². The predicted octanol–water partition coefficient (Wildman–Crippen LogP) is 1.37. The molecule has 0 saturated carbocycles. The van der Waals surface area contributed by atoms with E-state index in [9.17, 15) is 4.79 Å². The zero-order valence-corrected chi connectivity index (χ0v) is 11.1. The molecule has 2 N–H and O–H groups in total. The van der Waals surface area contributed by atoms with Gasteiger partial charge in [-0.3, -0.25) is 10.1 Å². The molecule has 0 aliphatic carbocycles. The van der Waals surface area contributed by atoms with E-state index in [1.807, 2.05) is 20.8 Å². The first-order valence-corrected chi connectivity index (χ1v) is 6.30. The van der Waals surface area contributed by atoms with E-state index in [4.69, 9.17) is 0 Å². The Balaban J connectivity index is 2.42. The first-order chi connectivity index (χ1) is 7.54. The third-order valence-corrected chi connectivity index (χ3v) is 3.45. The summed E-state index contributed by atoms with van der Waals surface area (Å²) >= 11 is 1.68. The van der Waals surface area contributed by atoms with Crippen molar-refractivity contribution in [2.45, 2.75) is 40.3 Å². The van der Waals surface area contributed by atoms with Crippen LogP contribution in [0.25, 0.3) is 0 Å². The molecule has 1 aromatic heterocycles. The number of carbonyl (C=O) groups excluding carboxylic acids is 1. The summed E-state index contributed by atoms with van der Waals surface area (Å²) in [6.07, 6.45) is 0. The van der Waals surface area contributed by atoms with Crippen molar-refractivity contribution in [1.82, 2.24) is 15.6 Å². The predicted molar refractivity (Wildman–Crippen MR) is 66.6 cm³/mol. The zero-order valence-electron chi connectivity index (χ0n) is 10.3. The molecule has 16 heavy (non-hydrogen) atoms. The van der Waals surface area contributed by atoms with Crippen LogP contribution in [0.15, 0.2) is 0 Å². The molecule has 1 unspecified atom stereocenters.